The van der Waals surface area contributed by atoms with Gasteiger partial charge in [-0.25, -0.2) is 4.98 Å². The summed E-state index contributed by atoms with van der Waals surface area (Å²) in [6.07, 6.45) is 3.47. The number of Topliss-reactive ketones (excluding diaryl/α,β-unsaturated/α-hetero) is 1. The molecule has 1 N–H and O–H groups in total. The molecule has 40 heavy (non-hydrogen) atoms. The number of benzene rings is 3. The van der Waals surface area contributed by atoms with Gasteiger partial charge in [-0.05, 0) is 48.4 Å². The molecule has 1 aliphatic rings. The van der Waals surface area contributed by atoms with Gasteiger partial charge in [0.05, 0.1) is 17.4 Å². The van der Waals surface area contributed by atoms with Crippen molar-refractivity contribution in [3.8, 4) is 0 Å². The van der Waals surface area contributed by atoms with E-state index in [1.165, 1.54) is 6.08 Å². The van der Waals surface area contributed by atoms with E-state index in [-0.39, 0.29) is 30.3 Å². The van der Waals surface area contributed by atoms with Crippen LogP contribution in [0, 0.1) is 6.92 Å². The fourth-order valence-electron chi connectivity index (χ4n) is 4.63. The molecule has 0 saturated heterocycles. The first-order valence-electron chi connectivity index (χ1n) is 12.9. The molecule has 3 aromatic carbocycles. The summed E-state index contributed by atoms with van der Waals surface area (Å²) in [5.74, 6) is 0.823. The summed E-state index contributed by atoms with van der Waals surface area (Å²) in [6, 6.07) is 20.4. The molecule has 0 unspecified atom stereocenters. The highest BCUT2D eigenvalue weighted by Gasteiger charge is 2.29. The Labute approximate surface area is 233 Å². The third-order valence-corrected chi connectivity index (χ3v) is 6.93. The number of nitrogens with zero attached hydrogens (tertiary/aromatic N) is 4. The fraction of sp³-hybridized carbons (Fsp3) is 0.156. The molecule has 0 bridgehead atoms. The van der Waals surface area contributed by atoms with E-state index in [1.54, 1.807) is 42.4 Å². The average molecular weight is 532 g/mol. The van der Waals surface area contributed by atoms with Crippen molar-refractivity contribution >= 4 is 46.3 Å². The summed E-state index contributed by atoms with van der Waals surface area (Å²) in [5, 5.41) is 3.22. The van der Waals surface area contributed by atoms with Gasteiger partial charge in [0.15, 0.2) is 17.4 Å². The number of anilines is 5. The first kappa shape index (κ1) is 26.5. The van der Waals surface area contributed by atoms with Gasteiger partial charge in [0.25, 0.3) is 5.91 Å². The van der Waals surface area contributed by atoms with Gasteiger partial charge >= 0.3 is 0 Å². The van der Waals surface area contributed by atoms with Gasteiger partial charge in [-0.2, -0.15) is 4.98 Å². The lowest BCUT2D eigenvalue weighted by atomic mass is 10.0. The maximum Gasteiger partial charge on any atom is 0.260 e. The topological polar surface area (TPSA) is 95.5 Å². The second kappa shape index (κ2) is 10.9. The van der Waals surface area contributed by atoms with Crippen molar-refractivity contribution < 1.29 is 14.4 Å². The summed E-state index contributed by atoms with van der Waals surface area (Å²) >= 11 is 0. The predicted octanol–water partition coefficient (Wildman–Crippen LogP) is 5.61. The van der Waals surface area contributed by atoms with Crippen LogP contribution in [-0.4, -0.2) is 41.5 Å². The normalized spacial score (nSPS) is 12.3. The molecule has 1 aliphatic heterocycles. The minimum Gasteiger partial charge on any atom is -0.327 e. The number of aryl methyl sites for hydroxylation is 1. The second-order valence-corrected chi connectivity index (χ2v) is 9.81. The summed E-state index contributed by atoms with van der Waals surface area (Å²) in [4.78, 5) is 50.1. The van der Waals surface area contributed by atoms with Gasteiger partial charge in [-0.3, -0.25) is 14.4 Å². The molecule has 8 nitrogen and oxygen atoms in total. The Hall–Kier alpha value is -5.11. The maximum atomic E-state index is 13.1. The maximum absolute atomic E-state index is 13.1. The largest absolute Gasteiger partial charge is 0.327 e. The van der Waals surface area contributed by atoms with Crippen molar-refractivity contribution in [3.63, 3.8) is 0 Å². The van der Waals surface area contributed by atoms with Crippen molar-refractivity contribution in [1.82, 2.24) is 9.97 Å². The van der Waals surface area contributed by atoms with Crippen LogP contribution >= 0.6 is 0 Å². The zero-order chi connectivity index (χ0) is 28.4. The van der Waals surface area contributed by atoms with Crippen molar-refractivity contribution in [2.45, 2.75) is 19.8 Å². The highest BCUT2D eigenvalue weighted by Crippen LogP contribution is 2.38. The van der Waals surface area contributed by atoms with Crippen molar-refractivity contribution in [2.24, 2.45) is 0 Å². The molecular formula is C32H29N5O3. The van der Waals surface area contributed by atoms with Gasteiger partial charge in [0.1, 0.15) is 5.69 Å². The van der Waals surface area contributed by atoms with Crippen LogP contribution in [0.5, 0.6) is 0 Å². The Morgan fingerprint density at radius 3 is 2.27 bits per heavy atom. The Bertz CT molecular complexity index is 1630. The lowest BCUT2D eigenvalue weighted by Gasteiger charge is -2.21. The van der Waals surface area contributed by atoms with E-state index in [0.717, 1.165) is 28.1 Å². The number of carbonyl (C=O) groups is 3. The van der Waals surface area contributed by atoms with Crippen LogP contribution < -0.4 is 15.1 Å². The molecule has 0 spiro atoms. The molecular weight excluding hydrogens is 502 g/mol. The molecule has 4 aromatic rings. The standard InChI is InChI=1S/C32H29N5O3/c1-5-25(38)17-21-7-11-23(12-8-21)29(39)18-22-9-13-24(14-10-22)34-32-33-19-28-30(35-32)36(3)27-15-6-20(2)16-26(27)31(40)37(28)4/h5-16,19H,1,17-18H2,2-4H3,(H,33,34,35). The Balaban J connectivity index is 1.29. The molecule has 200 valence electrons. The van der Waals surface area contributed by atoms with E-state index < -0.39 is 0 Å². The third-order valence-electron chi connectivity index (χ3n) is 6.93. The molecule has 0 aliphatic carbocycles. The number of rotatable bonds is 8. The highest BCUT2D eigenvalue weighted by molar-refractivity contribution is 6.13. The van der Waals surface area contributed by atoms with Crippen LogP contribution in [0.1, 0.15) is 37.4 Å². The molecule has 1 aromatic heterocycles. The number of allylic oxidation sites excluding steroid dienone is 1. The van der Waals surface area contributed by atoms with E-state index in [1.807, 2.05) is 61.3 Å². The number of nitrogens with one attached hydrogen (secondary N) is 1. The molecule has 0 fully saturated rings. The van der Waals surface area contributed by atoms with Crippen molar-refractivity contribution in [2.75, 3.05) is 29.2 Å². The van der Waals surface area contributed by atoms with E-state index in [9.17, 15) is 14.4 Å². The van der Waals surface area contributed by atoms with Crippen molar-refractivity contribution in [3.05, 3.63) is 113 Å². The molecule has 0 atom stereocenters. The Morgan fingerprint density at radius 1 is 0.900 bits per heavy atom. The number of hydrogen-bond acceptors (Lipinski definition) is 7. The second-order valence-electron chi connectivity index (χ2n) is 9.81. The zero-order valence-corrected chi connectivity index (χ0v) is 22.6. The lowest BCUT2D eigenvalue weighted by Crippen LogP contribution is -2.25. The van der Waals surface area contributed by atoms with Crippen LogP contribution in [0.2, 0.25) is 0 Å². The summed E-state index contributed by atoms with van der Waals surface area (Å²) in [7, 11) is 3.61. The third kappa shape index (κ3) is 5.37. The number of fused-ring (bicyclic) bond motifs is 2. The number of amides is 1. The number of carbonyl (C=O) groups excluding carboxylic acids is 3. The molecule has 2 heterocycles. The Morgan fingerprint density at radius 2 is 1.57 bits per heavy atom. The lowest BCUT2D eigenvalue weighted by molar-refractivity contribution is -0.114. The van der Waals surface area contributed by atoms with Crippen LogP contribution in [0.3, 0.4) is 0 Å². The first-order chi connectivity index (χ1) is 19.2. The average Bonchev–Trinajstić information content (AvgIpc) is 3.03. The number of ketones is 2. The minimum absolute atomic E-state index is 0.00595. The van der Waals surface area contributed by atoms with Gasteiger partial charge < -0.3 is 15.1 Å². The van der Waals surface area contributed by atoms with E-state index in [4.69, 9.17) is 4.98 Å². The summed E-state index contributed by atoms with van der Waals surface area (Å²) < 4.78 is 0. The van der Waals surface area contributed by atoms with Crippen LogP contribution in [0.15, 0.2) is 85.6 Å². The summed E-state index contributed by atoms with van der Waals surface area (Å²) in [6.45, 7) is 5.45. The highest BCUT2D eigenvalue weighted by atomic mass is 16.2. The smallest absolute Gasteiger partial charge is 0.260 e. The Kier molecular flexibility index (Phi) is 7.25. The zero-order valence-electron chi connectivity index (χ0n) is 22.6. The number of hydrogen-bond donors (Lipinski definition) is 1. The van der Waals surface area contributed by atoms with Gasteiger partial charge in [0.2, 0.25) is 5.95 Å². The SMILES string of the molecule is C=CC(=O)Cc1ccc(C(=O)Cc2ccc(Nc3ncc4c(n3)N(C)c3ccc(C)cc3C(=O)N4C)cc2)cc1. The molecule has 8 heteroatoms. The minimum atomic E-state index is -0.113. The van der Waals surface area contributed by atoms with Crippen molar-refractivity contribution in [1.29, 1.82) is 0 Å². The summed E-state index contributed by atoms with van der Waals surface area (Å²) in [5.41, 5.74) is 6.09. The van der Waals surface area contributed by atoms with Gasteiger partial charge in [-0.15, -0.1) is 0 Å². The first-order valence-corrected chi connectivity index (χ1v) is 12.9. The molecule has 0 saturated carbocycles. The molecule has 0 radical (unpaired) electrons. The number of aromatic nitrogens is 2. The van der Waals surface area contributed by atoms with E-state index in [2.05, 4.69) is 16.9 Å². The van der Waals surface area contributed by atoms with Crippen LogP contribution in [-0.2, 0) is 17.6 Å². The monoisotopic (exact) mass is 531 g/mol. The quantitative estimate of drug-likeness (QED) is 0.233. The fourth-order valence-corrected chi connectivity index (χ4v) is 4.63. The van der Waals surface area contributed by atoms with E-state index >= 15 is 0 Å². The molecule has 1 amide bonds. The van der Waals surface area contributed by atoms with E-state index in [0.29, 0.717) is 28.6 Å². The predicted molar refractivity (Wildman–Crippen MR) is 157 cm³/mol. The van der Waals surface area contributed by atoms with Gasteiger partial charge in [-0.1, -0.05) is 54.6 Å². The molecule has 5 rings (SSSR count). The van der Waals surface area contributed by atoms with Crippen LogP contribution in [0.4, 0.5) is 28.8 Å². The van der Waals surface area contributed by atoms with Crippen LogP contribution in [0.25, 0.3) is 0 Å². The van der Waals surface area contributed by atoms with Gasteiger partial charge in [0, 0.05) is 38.2 Å².